The zero-order chi connectivity index (χ0) is 6.78. The lowest BCUT2D eigenvalue weighted by atomic mass is 10.7. The highest BCUT2D eigenvalue weighted by molar-refractivity contribution is 6.06. The Hall–Kier alpha value is -0.208. The summed E-state index contributed by atoms with van der Waals surface area (Å²) in [5, 5.41) is 0. The first-order chi connectivity index (χ1) is 3.48. The van der Waals surface area contributed by atoms with Crippen LogP contribution in [0.5, 0.6) is 0 Å². The van der Waals surface area contributed by atoms with Crippen molar-refractivity contribution in [3.63, 3.8) is 0 Å². The minimum Gasteiger partial charge on any atom is -0.615 e. The van der Waals surface area contributed by atoms with Crippen LogP contribution in [0.3, 0.4) is 0 Å². The number of halogens is 3. The van der Waals surface area contributed by atoms with Gasteiger partial charge >= 0.3 is 28.8 Å². The average molecular weight is 142 g/mol. The molecule has 0 aromatic carbocycles. The second-order valence-corrected chi connectivity index (χ2v) is 1.40. The Morgan fingerprint density at radius 2 is 1.88 bits per heavy atom. The third-order valence-electron chi connectivity index (χ3n) is 0.417. The second-order valence-electron chi connectivity index (χ2n) is 0.989. The molecule has 0 aliphatic carbocycles. The molecular weight excluding hydrogens is 140 g/mol. The molecule has 0 aliphatic rings. The van der Waals surface area contributed by atoms with E-state index in [1.807, 2.05) is 0 Å². The Labute approximate surface area is 51.4 Å². The topological polar surface area (TPSA) is 26.3 Å². The van der Waals surface area contributed by atoms with Gasteiger partial charge in [-0.15, -0.1) is 0 Å². The summed E-state index contributed by atoms with van der Waals surface area (Å²) in [7, 11) is 0. The molecule has 0 radical (unpaired) electrons. The summed E-state index contributed by atoms with van der Waals surface area (Å²) in [6.45, 7) is 0. The van der Waals surface area contributed by atoms with Gasteiger partial charge in [0.25, 0.3) is 0 Å². The molecule has 0 aromatic rings. The molecule has 0 amide bonds. The van der Waals surface area contributed by atoms with Gasteiger partial charge < -0.3 is 3.79 Å². The Bertz CT molecular complexity index is 97.9. The van der Waals surface area contributed by atoms with Gasteiger partial charge in [-0.2, -0.15) is 13.2 Å². The Kier molecular flexibility index (Phi) is 2.32. The number of carbonyl (C=O) groups excluding carboxylic acids is 1. The zero-order valence-corrected chi connectivity index (χ0v) is 5.95. The van der Waals surface area contributed by atoms with Gasteiger partial charge in [0, 0.05) is 0 Å². The largest absolute Gasteiger partial charge is 0.615 e. The van der Waals surface area contributed by atoms with Crippen LogP contribution in [0.4, 0.5) is 13.2 Å². The summed E-state index contributed by atoms with van der Waals surface area (Å²) in [4.78, 5) is 9.52. The number of rotatable bonds is 0. The molecule has 0 aromatic heterocycles. The summed E-state index contributed by atoms with van der Waals surface area (Å²) in [5.41, 5.74) is 0. The molecule has 0 atom stereocenters. The maximum Gasteiger partial charge on any atom is 0.499 e. The third kappa shape index (κ3) is 2.19. The van der Waals surface area contributed by atoms with Crippen LogP contribution in [0.2, 0.25) is 0 Å². The van der Waals surface area contributed by atoms with Crippen molar-refractivity contribution in [2.24, 2.45) is 0 Å². The lowest BCUT2D eigenvalue weighted by molar-refractivity contribution is -0.189. The number of hydrogen-bond donors (Lipinski definition) is 0. The van der Waals surface area contributed by atoms with Gasteiger partial charge in [-0.1, -0.05) is 0 Å². The molecule has 46 valence electrons. The molecule has 6 heteroatoms. The second kappa shape index (κ2) is 2.38. The molecule has 0 N–H and O–H groups in total. The number of carbonyl (C=O) groups is 1. The van der Waals surface area contributed by atoms with Gasteiger partial charge in [-0.3, -0.25) is 0 Å². The smallest absolute Gasteiger partial charge is 0.499 e. The van der Waals surface area contributed by atoms with Crippen molar-refractivity contribution in [3.05, 3.63) is 0 Å². The van der Waals surface area contributed by atoms with Crippen molar-refractivity contribution in [3.8, 4) is 0 Å². The van der Waals surface area contributed by atoms with Crippen molar-refractivity contribution in [2.75, 3.05) is 0 Å². The van der Waals surface area contributed by atoms with Crippen LogP contribution in [0, 0.1) is 0 Å². The van der Waals surface area contributed by atoms with Gasteiger partial charge in [-0.25, -0.2) is 4.79 Å². The van der Waals surface area contributed by atoms with E-state index in [0.29, 0.717) is 0 Å². The van der Waals surface area contributed by atoms with Crippen molar-refractivity contribution in [1.29, 1.82) is 0 Å². The SMILES string of the molecule is O=C([O][AlH2])C(F)(F)F. The summed E-state index contributed by atoms with van der Waals surface area (Å²) in [6, 6.07) is 0. The van der Waals surface area contributed by atoms with E-state index >= 15 is 0 Å². The fourth-order valence-electron chi connectivity index (χ4n) is 0.116. The molecule has 0 saturated heterocycles. The van der Waals surface area contributed by atoms with Crippen molar-refractivity contribution in [2.45, 2.75) is 6.18 Å². The Balaban J connectivity index is 3.82. The maximum absolute atomic E-state index is 11.0. The Morgan fingerprint density at radius 1 is 1.50 bits per heavy atom. The lowest BCUT2D eigenvalue weighted by Gasteiger charge is -2.02. The molecule has 8 heavy (non-hydrogen) atoms. The summed E-state index contributed by atoms with van der Waals surface area (Å²) in [5.74, 6) is -2.11. The molecule has 0 heterocycles. The van der Waals surface area contributed by atoms with Gasteiger partial charge in [-0.05, 0) is 0 Å². The van der Waals surface area contributed by atoms with Crippen LogP contribution in [0.15, 0.2) is 0 Å². The molecule has 0 aliphatic heterocycles. The minimum atomic E-state index is -4.82. The predicted molar refractivity (Wildman–Crippen MR) is 20.7 cm³/mol. The quantitative estimate of drug-likeness (QED) is 0.431. The molecule has 0 unspecified atom stereocenters. The fourth-order valence-corrected chi connectivity index (χ4v) is 0.347. The van der Waals surface area contributed by atoms with E-state index in [1.54, 1.807) is 0 Å². The van der Waals surface area contributed by atoms with Gasteiger partial charge in [0.15, 0.2) is 0 Å². The summed E-state index contributed by atoms with van der Waals surface area (Å²) < 4.78 is 36.5. The van der Waals surface area contributed by atoms with E-state index in [9.17, 15) is 18.0 Å². The highest BCUT2D eigenvalue weighted by Gasteiger charge is 2.38. The summed E-state index contributed by atoms with van der Waals surface area (Å²) >= 11 is -0.216. The summed E-state index contributed by atoms with van der Waals surface area (Å²) in [6.07, 6.45) is -4.82. The zero-order valence-electron chi connectivity index (χ0n) is 3.95. The van der Waals surface area contributed by atoms with Crippen LogP contribution in [0.25, 0.3) is 0 Å². The van der Waals surface area contributed by atoms with Crippen LogP contribution >= 0.6 is 0 Å². The Morgan fingerprint density at radius 3 is 1.88 bits per heavy atom. The first kappa shape index (κ1) is 7.79. The molecule has 0 fully saturated rings. The van der Waals surface area contributed by atoms with E-state index in [2.05, 4.69) is 3.79 Å². The lowest BCUT2D eigenvalue weighted by Crippen LogP contribution is -2.24. The van der Waals surface area contributed by atoms with Crippen molar-refractivity contribution in [1.82, 2.24) is 0 Å². The van der Waals surface area contributed by atoms with Crippen LogP contribution in [0.1, 0.15) is 0 Å². The number of alkyl halides is 3. The molecular formula is C2H2AlF3O2. The molecule has 0 rings (SSSR count). The van der Waals surface area contributed by atoms with Gasteiger partial charge in [0.1, 0.15) is 0 Å². The molecule has 0 spiro atoms. The average Bonchev–Trinajstić information content (AvgIpc) is 1.62. The van der Waals surface area contributed by atoms with Crippen LogP contribution in [-0.2, 0) is 8.58 Å². The molecule has 2 nitrogen and oxygen atoms in total. The highest BCUT2D eigenvalue weighted by atomic mass is 27.1. The highest BCUT2D eigenvalue weighted by Crippen LogP contribution is 2.15. The maximum atomic E-state index is 11.0. The van der Waals surface area contributed by atoms with Crippen molar-refractivity contribution < 1.29 is 21.8 Å². The van der Waals surface area contributed by atoms with Crippen molar-refractivity contribution >= 4 is 22.6 Å². The normalized spacial score (nSPS) is 10.9. The standard InChI is InChI=1S/C2HF3O2.Al.2H/c3-2(4,5)1(6)7;;;/h(H,6,7);;;/q;+1;;/p-1. The van der Waals surface area contributed by atoms with Gasteiger partial charge in [0.2, 0.25) is 0 Å². The van der Waals surface area contributed by atoms with Gasteiger partial charge in [0.05, 0.1) is 0 Å². The monoisotopic (exact) mass is 142 g/mol. The molecule has 0 bridgehead atoms. The van der Waals surface area contributed by atoms with E-state index in [1.165, 1.54) is 0 Å². The third-order valence-corrected chi connectivity index (χ3v) is 0.788. The molecule has 0 saturated carbocycles. The first-order valence-electron chi connectivity index (χ1n) is 1.63. The fraction of sp³-hybridized carbons (Fsp3) is 0.500. The number of hydrogen-bond acceptors (Lipinski definition) is 2. The van der Waals surface area contributed by atoms with Crippen LogP contribution < -0.4 is 0 Å². The minimum absolute atomic E-state index is 0.216. The predicted octanol–water partition coefficient (Wildman–Crippen LogP) is -0.360. The van der Waals surface area contributed by atoms with E-state index in [-0.39, 0.29) is 16.6 Å². The van der Waals surface area contributed by atoms with E-state index in [4.69, 9.17) is 0 Å². The first-order valence-corrected chi connectivity index (χ1v) is 2.45. The van der Waals surface area contributed by atoms with E-state index in [0.717, 1.165) is 0 Å². The van der Waals surface area contributed by atoms with Crippen LogP contribution in [-0.4, -0.2) is 28.8 Å². The van der Waals surface area contributed by atoms with E-state index < -0.39 is 12.1 Å².